The van der Waals surface area contributed by atoms with Gasteiger partial charge in [0.25, 0.3) is 0 Å². The van der Waals surface area contributed by atoms with Crippen LogP contribution >= 0.6 is 22.9 Å². The molecule has 0 aliphatic carbocycles. The maximum atomic E-state index is 12.0. The number of carbonyl (C=O) groups excluding carboxylic acids is 1. The second-order valence-corrected chi connectivity index (χ2v) is 6.65. The van der Waals surface area contributed by atoms with E-state index in [4.69, 9.17) is 16.3 Å². The normalized spacial score (nSPS) is 10.4. The quantitative estimate of drug-likeness (QED) is 0.612. The van der Waals surface area contributed by atoms with Crippen LogP contribution in [0.1, 0.15) is 12.8 Å². The van der Waals surface area contributed by atoms with E-state index in [2.05, 4.69) is 15.5 Å². The molecule has 0 saturated heterocycles. The van der Waals surface area contributed by atoms with Crippen molar-refractivity contribution >= 4 is 34.0 Å². The van der Waals surface area contributed by atoms with Crippen LogP contribution in [0.15, 0.2) is 54.6 Å². The van der Waals surface area contributed by atoms with Crippen molar-refractivity contribution in [2.24, 2.45) is 0 Å². The molecule has 0 aliphatic rings. The minimum absolute atomic E-state index is 0.101. The van der Waals surface area contributed by atoms with Crippen molar-refractivity contribution in [1.29, 1.82) is 0 Å². The second kappa shape index (κ2) is 8.60. The molecule has 25 heavy (non-hydrogen) atoms. The van der Waals surface area contributed by atoms with E-state index in [-0.39, 0.29) is 5.91 Å². The van der Waals surface area contributed by atoms with E-state index < -0.39 is 0 Å². The Labute approximate surface area is 154 Å². The van der Waals surface area contributed by atoms with Crippen LogP contribution in [0.3, 0.4) is 0 Å². The molecule has 1 aromatic heterocycles. The van der Waals surface area contributed by atoms with Gasteiger partial charge in [0.05, 0.1) is 6.61 Å². The Kier molecular flexibility index (Phi) is 5.98. The molecule has 0 saturated carbocycles. The molecule has 1 heterocycles. The third-order valence-corrected chi connectivity index (χ3v) is 4.46. The van der Waals surface area contributed by atoms with E-state index >= 15 is 0 Å². The number of benzene rings is 2. The predicted octanol–water partition coefficient (Wildman–Crippen LogP) is 4.66. The summed E-state index contributed by atoms with van der Waals surface area (Å²) in [5.74, 6) is 0.636. The summed E-state index contributed by atoms with van der Waals surface area (Å²) >= 11 is 7.17. The highest BCUT2D eigenvalue weighted by molar-refractivity contribution is 7.18. The fraction of sp³-hybridized carbons (Fsp3) is 0.167. The lowest BCUT2D eigenvalue weighted by Gasteiger charge is -2.05. The van der Waals surface area contributed by atoms with Crippen molar-refractivity contribution in [2.75, 3.05) is 11.9 Å². The molecule has 0 spiro atoms. The predicted molar refractivity (Wildman–Crippen MR) is 100 cm³/mol. The molecule has 0 bridgehead atoms. The molecule has 7 heteroatoms. The van der Waals surface area contributed by atoms with Crippen molar-refractivity contribution in [1.82, 2.24) is 10.2 Å². The van der Waals surface area contributed by atoms with Crippen molar-refractivity contribution < 1.29 is 9.53 Å². The monoisotopic (exact) mass is 373 g/mol. The van der Waals surface area contributed by atoms with Crippen molar-refractivity contribution in [2.45, 2.75) is 12.8 Å². The Hall–Kier alpha value is -2.44. The molecule has 5 nitrogen and oxygen atoms in total. The standard InChI is InChI=1S/C18H16ClN3O2S/c19-14-8-10-15(11-9-14)24-12-4-7-16(23)20-18-22-21-17(25-18)13-5-2-1-3-6-13/h1-3,5-6,8-11H,4,7,12H2,(H,20,22,23). The molecule has 0 unspecified atom stereocenters. The Morgan fingerprint density at radius 1 is 1.08 bits per heavy atom. The number of amides is 1. The third-order valence-electron chi connectivity index (χ3n) is 3.32. The number of nitrogens with one attached hydrogen (secondary N) is 1. The summed E-state index contributed by atoms with van der Waals surface area (Å²) < 4.78 is 5.56. The molecule has 0 aliphatic heterocycles. The molecule has 128 valence electrons. The smallest absolute Gasteiger partial charge is 0.226 e. The number of rotatable bonds is 7. The van der Waals surface area contributed by atoms with Gasteiger partial charge in [-0.3, -0.25) is 4.79 Å². The molecule has 1 amide bonds. The summed E-state index contributed by atoms with van der Waals surface area (Å²) in [7, 11) is 0. The van der Waals surface area contributed by atoms with Crippen LogP contribution in [-0.2, 0) is 4.79 Å². The highest BCUT2D eigenvalue weighted by Crippen LogP contribution is 2.26. The van der Waals surface area contributed by atoms with E-state index in [9.17, 15) is 4.79 Å². The van der Waals surface area contributed by atoms with Gasteiger partial charge >= 0.3 is 0 Å². The fourth-order valence-electron chi connectivity index (χ4n) is 2.11. The van der Waals surface area contributed by atoms with E-state index in [1.807, 2.05) is 30.3 Å². The van der Waals surface area contributed by atoms with Crippen LogP contribution in [0.25, 0.3) is 10.6 Å². The molecule has 3 rings (SSSR count). The van der Waals surface area contributed by atoms with Crippen LogP contribution in [0.4, 0.5) is 5.13 Å². The fourth-order valence-corrected chi connectivity index (χ4v) is 3.00. The van der Waals surface area contributed by atoms with Gasteiger partial charge in [-0.05, 0) is 30.7 Å². The Morgan fingerprint density at radius 3 is 2.60 bits per heavy atom. The van der Waals surface area contributed by atoms with E-state index in [1.54, 1.807) is 24.3 Å². The molecule has 0 fully saturated rings. The molecule has 1 N–H and O–H groups in total. The lowest BCUT2D eigenvalue weighted by Crippen LogP contribution is -2.12. The zero-order chi connectivity index (χ0) is 17.5. The lowest BCUT2D eigenvalue weighted by molar-refractivity contribution is -0.116. The summed E-state index contributed by atoms with van der Waals surface area (Å²) in [5, 5.41) is 12.8. The number of hydrogen-bond donors (Lipinski definition) is 1. The van der Waals surface area contributed by atoms with E-state index in [0.29, 0.717) is 29.6 Å². The van der Waals surface area contributed by atoms with Gasteiger partial charge in [0.2, 0.25) is 11.0 Å². The number of nitrogens with zero attached hydrogens (tertiary/aromatic N) is 2. The minimum atomic E-state index is -0.101. The average Bonchev–Trinajstić information content (AvgIpc) is 3.09. The SMILES string of the molecule is O=C(CCCOc1ccc(Cl)cc1)Nc1nnc(-c2ccccc2)s1. The second-order valence-electron chi connectivity index (χ2n) is 5.23. The van der Waals surface area contributed by atoms with Crippen LogP contribution in [-0.4, -0.2) is 22.7 Å². The number of aromatic nitrogens is 2. The minimum Gasteiger partial charge on any atom is -0.494 e. The van der Waals surface area contributed by atoms with Gasteiger partial charge in [-0.25, -0.2) is 0 Å². The van der Waals surface area contributed by atoms with E-state index in [0.717, 1.165) is 16.3 Å². The maximum absolute atomic E-state index is 12.0. The summed E-state index contributed by atoms with van der Waals surface area (Å²) in [6.45, 7) is 0.459. The summed E-state index contributed by atoms with van der Waals surface area (Å²) in [4.78, 5) is 12.0. The van der Waals surface area contributed by atoms with Crippen molar-refractivity contribution in [3.8, 4) is 16.3 Å². The zero-order valence-corrected chi connectivity index (χ0v) is 14.9. The van der Waals surface area contributed by atoms with Gasteiger partial charge in [-0.1, -0.05) is 53.3 Å². The molecule has 0 radical (unpaired) electrons. The Morgan fingerprint density at radius 2 is 1.84 bits per heavy atom. The Balaban J connectivity index is 1.42. The molecule has 2 aromatic carbocycles. The maximum Gasteiger partial charge on any atom is 0.226 e. The topological polar surface area (TPSA) is 64.1 Å². The van der Waals surface area contributed by atoms with Crippen molar-refractivity contribution in [3.63, 3.8) is 0 Å². The number of ether oxygens (including phenoxy) is 1. The third kappa shape index (κ3) is 5.27. The lowest BCUT2D eigenvalue weighted by atomic mass is 10.2. The number of carbonyl (C=O) groups is 1. The molecular weight excluding hydrogens is 358 g/mol. The Bertz CT molecular complexity index is 822. The van der Waals surface area contributed by atoms with Crippen LogP contribution in [0.5, 0.6) is 5.75 Å². The van der Waals surface area contributed by atoms with Crippen molar-refractivity contribution in [3.05, 3.63) is 59.6 Å². The largest absolute Gasteiger partial charge is 0.494 e. The molecular formula is C18H16ClN3O2S. The van der Waals surface area contributed by atoms with Crippen LogP contribution in [0, 0.1) is 0 Å². The van der Waals surface area contributed by atoms with Gasteiger partial charge in [0, 0.05) is 17.0 Å². The first-order valence-corrected chi connectivity index (χ1v) is 8.97. The van der Waals surface area contributed by atoms with Gasteiger partial charge < -0.3 is 10.1 Å². The van der Waals surface area contributed by atoms with Gasteiger partial charge in [-0.2, -0.15) is 0 Å². The first-order chi connectivity index (χ1) is 12.2. The average molecular weight is 374 g/mol. The highest BCUT2D eigenvalue weighted by Gasteiger charge is 2.09. The highest BCUT2D eigenvalue weighted by atomic mass is 35.5. The van der Waals surface area contributed by atoms with Gasteiger partial charge in [-0.15, -0.1) is 10.2 Å². The number of hydrogen-bond acceptors (Lipinski definition) is 5. The summed E-state index contributed by atoms with van der Waals surface area (Å²) in [6, 6.07) is 16.9. The van der Waals surface area contributed by atoms with E-state index in [1.165, 1.54) is 11.3 Å². The van der Waals surface area contributed by atoms with Gasteiger partial charge in [0.1, 0.15) is 10.8 Å². The van der Waals surface area contributed by atoms with Gasteiger partial charge in [0.15, 0.2) is 0 Å². The zero-order valence-electron chi connectivity index (χ0n) is 13.3. The van der Waals surface area contributed by atoms with Crippen LogP contribution < -0.4 is 10.1 Å². The molecule has 0 atom stereocenters. The van der Waals surface area contributed by atoms with Crippen LogP contribution in [0.2, 0.25) is 5.02 Å². The number of anilines is 1. The summed E-state index contributed by atoms with van der Waals surface area (Å²) in [6.07, 6.45) is 0.965. The molecule has 3 aromatic rings. The first kappa shape index (κ1) is 17.4. The number of halogens is 1. The summed E-state index contributed by atoms with van der Waals surface area (Å²) in [5.41, 5.74) is 0.983. The first-order valence-electron chi connectivity index (χ1n) is 7.78.